The monoisotopic (exact) mass is 407 g/mol. The molecule has 0 aliphatic carbocycles. The number of amides is 2. The zero-order chi connectivity index (χ0) is 21.2. The van der Waals surface area contributed by atoms with Gasteiger partial charge in [-0.15, -0.1) is 0 Å². The van der Waals surface area contributed by atoms with Crippen molar-refractivity contribution >= 4 is 23.4 Å². The highest BCUT2D eigenvalue weighted by atomic mass is 19.1. The first-order chi connectivity index (χ1) is 13.6. The van der Waals surface area contributed by atoms with Crippen molar-refractivity contribution in [2.75, 3.05) is 42.9 Å². The third kappa shape index (κ3) is 5.36. The van der Waals surface area contributed by atoms with Gasteiger partial charge in [-0.25, -0.2) is 14.2 Å². The highest BCUT2D eigenvalue weighted by Gasteiger charge is 2.29. The van der Waals surface area contributed by atoms with Crippen LogP contribution in [0.25, 0.3) is 0 Å². The molecule has 29 heavy (non-hydrogen) atoms. The molecule has 0 unspecified atom stereocenters. The van der Waals surface area contributed by atoms with Crippen molar-refractivity contribution in [1.82, 2.24) is 9.91 Å². The fourth-order valence-corrected chi connectivity index (χ4v) is 3.59. The largest absolute Gasteiger partial charge is 0.444 e. The second kappa shape index (κ2) is 8.54. The summed E-state index contributed by atoms with van der Waals surface area (Å²) in [6.07, 6.45) is 1.22. The molecule has 0 bridgehead atoms. The first kappa shape index (κ1) is 21.3. The number of benzene rings is 1. The zero-order valence-corrected chi connectivity index (χ0v) is 17.3. The van der Waals surface area contributed by atoms with Gasteiger partial charge in [0.2, 0.25) is 5.91 Å². The molecule has 0 spiro atoms. The quantitative estimate of drug-likeness (QED) is 0.747. The summed E-state index contributed by atoms with van der Waals surface area (Å²) in [5, 5.41) is 4.26. The highest BCUT2D eigenvalue weighted by molar-refractivity contribution is 5.95. The van der Waals surface area contributed by atoms with E-state index in [1.54, 1.807) is 17.0 Å². The van der Waals surface area contributed by atoms with Gasteiger partial charge < -0.3 is 19.9 Å². The SMILES string of the molecule is CC(C)(C)OC(=O)N1CCN(c2ccc(NC(=O)[C@H]3CCCN3N)cc2F)CC1. The number of ether oxygens (including phenoxy) is 1. The third-order valence-corrected chi connectivity index (χ3v) is 5.08. The molecule has 9 heteroatoms. The smallest absolute Gasteiger partial charge is 0.410 e. The lowest BCUT2D eigenvalue weighted by Gasteiger charge is -2.36. The van der Waals surface area contributed by atoms with Gasteiger partial charge >= 0.3 is 6.09 Å². The van der Waals surface area contributed by atoms with E-state index in [-0.39, 0.29) is 18.0 Å². The van der Waals surface area contributed by atoms with Gasteiger partial charge in [-0.1, -0.05) is 0 Å². The lowest BCUT2D eigenvalue weighted by molar-refractivity contribution is -0.120. The van der Waals surface area contributed by atoms with E-state index < -0.39 is 11.4 Å². The van der Waals surface area contributed by atoms with Crippen molar-refractivity contribution in [2.24, 2.45) is 5.84 Å². The summed E-state index contributed by atoms with van der Waals surface area (Å²) in [7, 11) is 0. The summed E-state index contributed by atoms with van der Waals surface area (Å²) in [6.45, 7) is 8.10. The summed E-state index contributed by atoms with van der Waals surface area (Å²) in [4.78, 5) is 28.0. The molecule has 2 heterocycles. The molecule has 1 aromatic carbocycles. The Kier molecular flexibility index (Phi) is 6.28. The van der Waals surface area contributed by atoms with Crippen LogP contribution in [0.3, 0.4) is 0 Å². The number of nitrogens with two attached hydrogens (primary N) is 1. The second-order valence-electron chi connectivity index (χ2n) is 8.51. The van der Waals surface area contributed by atoms with Crippen LogP contribution in [0.1, 0.15) is 33.6 Å². The van der Waals surface area contributed by atoms with E-state index in [9.17, 15) is 14.0 Å². The van der Waals surface area contributed by atoms with Crippen molar-refractivity contribution in [1.29, 1.82) is 0 Å². The van der Waals surface area contributed by atoms with E-state index in [4.69, 9.17) is 10.6 Å². The maximum absolute atomic E-state index is 14.7. The van der Waals surface area contributed by atoms with Gasteiger partial charge in [0.15, 0.2) is 0 Å². The molecule has 8 nitrogen and oxygen atoms in total. The third-order valence-electron chi connectivity index (χ3n) is 5.08. The molecule has 3 N–H and O–H groups in total. The predicted molar refractivity (Wildman–Crippen MR) is 109 cm³/mol. The number of hydrogen-bond acceptors (Lipinski definition) is 6. The van der Waals surface area contributed by atoms with Crippen LogP contribution in [0.5, 0.6) is 0 Å². The molecule has 0 aromatic heterocycles. The van der Waals surface area contributed by atoms with Gasteiger partial charge in [0.1, 0.15) is 17.5 Å². The van der Waals surface area contributed by atoms with Crippen LogP contribution in [-0.4, -0.2) is 66.3 Å². The molecule has 2 fully saturated rings. The Morgan fingerprint density at radius 2 is 1.86 bits per heavy atom. The van der Waals surface area contributed by atoms with E-state index >= 15 is 0 Å². The number of carbonyl (C=O) groups excluding carboxylic acids is 2. The maximum atomic E-state index is 14.7. The lowest BCUT2D eigenvalue weighted by atomic mass is 10.2. The van der Waals surface area contributed by atoms with Gasteiger partial charge in [-0.3, -0.25) is 10.6 Å². The number of halogens is 1. The minimum Gasteiger partial charge on any atom is -0.444 e. The standard InChI is InChI=1S/C20H30FN5O3/c1-20(2,3)29-19(28)25-11-9-24(10-12-25)16-7-6-14(13-15(16)21)23-18(27)17-5-4-8-26(17)22/h6-7,13,17H,4-5,8-12,22H2,1-3H3,(H,23,27)/t17-/m1/s1. The average Bonchev–Trinajstić information content (AvgIpc) is 3.07. The lowest BCUT2D eigenvalue weighted by Crippen LogP contribution is -2.50. The predicted octanol–water partition coefficient (Wildman–Crippen LogP) is 2.16. The van der Waals surface area contributed by atoms with E-state index in [2.05, 4.69) is 5.32 Å². The number of hydrazine groups is 1. The number of hydrogen-bond donors (Lipinski definition) is 2. The van der Waals surface area contributed by atoms with Crippen molar-refractivity contribution in [3.63, 3.8) is 0 Å². The molecule has 0 radical (unpaired) electrons. The number of nitrogens with zero attached hydrogens (tertiary/aromatic N) is 3. The average molecular weight is 407 g/mol. The molecule has 160 valence electrons. The molecule has 2 aliphatic heterocycles. The fraction of sp³-hybridized carbons (Fsp3) is 0.600. The Balaban J connectivity index is 1.57. The van der Waals surface area contributed by atoms with E-state index in [0.29, 0.717) is 50.5 Å². The molecular weight excluding hydrogens is 377 g/mol. The summed E-state index contributed by atoms with van der Waals surface area (Å²) in [5.41, 5.74) is 0.317. The number of anilines is 2. The van der Waals surface area contributed by atoms with E-state index in [1.807, 2.05) is 25.7 Å². The van der Waals surface area contributed by atoms with Gasteiger partial charge in [0, 0.05) is 38.4 Å². The Hall–Kier alpha value is -2.39. The topological polar surface area (TPSA) is 91.1 Å². The molecule has 2 aliphatic rings. The molecule has 0 saturated carbocycles. The van der Waals surface area contributed by atoms with Gasteiger partial charge in [-0.2, -0.15) is 0 Å². The summed E-state index contributed by atoms with van der Waals surface area (Å²) < 4.78 is 20.1. The Bertz CT molecular complexity index is 759. The molecular formula is C20H30FN5O3. The summed E-state index contributed by atoms with van der Waals surface area (Å²) >= 11 is 0. The number of carbonyl (C=O) groups is 2. The molecule has 1 aromatic rings. The van der Waals surface area contributed by atoms with Crippen LogP contribution in [-0.2, 0) is 9.53 Å². The first-order valence-corrected chi connectivity index (χ1v) is 9.99. The van der Waals surface area contributed by atoms with Gasteiger partial charge in [-0.05, 0) is 51.8 Å². The van der Waals surface area contributed by atoms with Crippen LogP contribution in [0.15, 0.2) is 18.2 Å². The van der Waals surface area contributed by atoms with Crippen LogP contribution in [0.4, 0.5) is 20.6 Å². The number of nitrogens with one attached hydrogen (secondary N) is 1. The van der Waals surface area contributed by atoms with Crippen molar-refractivity contribution in [2.45, 2.75) is 45.3 Å². The minimum absolute atomic E-state index is 0.219. The van der Waals surface area contributed by atoms with Crippen LogP contribution >= 0.6 is 0 Å². The number of rotatable bonds is 3. The number of piperazine rings is 1. The Morgan fingerprint density at radius 1 is 1.17 bits per heavy atom. The zero-order valence-electron chi connectivity index (χ0n) is 17.3. The molecule has 1 atom stereocenters. The molecule has 2 amide bonds. The second-order valence-corrected chi connectivity index (χ2v) is 8.51. The van der Waals surface area contributed by atoms with Crippen molar-refractivity contribution in [3.05, 3.63) is 24.0 Å². The van der Waals surface area contributed by atoms with Crippen molar-refractivity contribution in [3.8, 4) is 0 Å². The van der Waals surface area contributed by atoms with Gasteiger partial charge in [0.05, 0.1) is 5.69 Å². The van der Waals surface area contributed by atoms with Crippen molar-refractivity contribution < 1.29 is 18.7 Å². The van der Waals surface area contributed by atoms with E-state index in [1.165, 1.54) is 11.1 Å². The Labute approximate surface area is 170 Å². The van der Waals surface area contributed by atoms with Crippen LogP contribution < -0.4 is 16.1 Å². The molecule has 2 saturated heterocycles. The summed E-state index contributed by atoms with van der Waals surface area (Å²) in [6, 6.07) is 4.29. The Morgan fingerprint density at radius 3 is 2.41 bits per heavy atom. The first-order valence-electron chi connectivity index (χ1n) is 9.99. The minimum atomic E-state index is -0.542. The molecule has 3 rings (SSSR count). The van der Waals surface area contributed by atoms with Crippen LogP contribution in [0, 0.1) is 5.82 Å². The maximum Gasteiger partial charge on any atom is 0.410 e. The fourth-order valence-electron chi connectivity index (χ4n) is 3.59. The normalized spacial score (nSPS) is 20.7. The van der Waals surface area contributed by atoms with E-state index in [0.717, 1.165) is 6.42 Å². The van der Waals surface area contributed by atoms with Crippen LogP contribution in [0.2, 0.25) is 0 Å². The summed E-state index contributed by atoms with van der Waals surface area (Å²) in [5.74, 6) is 5.17. The van der Waals surface area contributed by atoms with Gasteiger partial charge in [0.25, 0.3) is 0 Å². The highest BCUT2D eigenvalue weighted by Crippen LogP contribution is 2.25.